The molecular formula is C10H22N2. The maximum atomic E-state index is 5.95. The minimum absolute atomic E-state index is 0.396. The summed E-state index contributed by atoms with van der Waals surface area (Å²) >= 11 is 0. The van der Waals surface area contributed by atoms with Crippen LogP contribution < -0.4 is 5.73 Å². The number of nitrogens with zero attached hydrogens (tertiary/aromatic N) is 1. The highest BCUT2D eigenvalue weighted by atomic mass is 15.2. The zero-order valence-electron chi connectivity index (χ0n) is 8.80. The fourth-order valence-electron chi connectivity index (χ4n) is 1.90. The fraction of sp³-hybridized carbons (Fsp3) is 1.00. The molecule has 1 aliphatic rings. The summed E-state index contributed by atoms with van der Waals surface area (Å²) in [6.07, 6.45) is 0. The van der Waals surface area contributed by atoms with Gasteiger partial charge in [0.05, 0.1) is 0 Å². The Kier molecular flexibility index (Phi) is 2.79. The molecule has 0 aromatic carbocycles. The summed E-state index contributed by atoms with van der Waals surface area (Å²) < 4.78 is 0. The van der Waals surface area contributed by atoms with Gasteiger partial charge >= 0.3 is 0 Å². The Bertz CT molecular complexity index is 138. The van der Waals surface area contributed by atoms with E-state index in [2.05, 4.69) is 32.6 Å². The predicted molar refractivity (Wildman–Crippen MR) is 53.0 cm³/mol. The molecule has 0 radical (unpaired) electrons. The molecule has 0 aliphatic carbocycles. The Balaban J connectivity index is 2.38. The van der Waals surface area contributed by atoms with E-state index in [0.717, 1.165) is 6.54 Å². The summed E-state index contributed by atoms with van der Waals surface area (Å²) in [7, 11) is 0. The first-order valence-corrected chi connectivity index (χ1v) is 4.86. The summed E-state index contributed by atoms with van der Waals surface area (Å²) in [5, 5.41) is 0. The Morgan fingerprint density at radius 2 is 1.92 bits per heavy atom. The molecule has 0 bridgehead atoms. The third kappa shape index (κ3) is 2.76. The lowest BCUT2D eigenvalue weighted by molar-refractivity contribution is 0.221. The van der Waals surface area contributed by atoms with Crippen LogP contribution in [0.5, 0.6) is 0 Å². The zero-order chi connectivity index (χ0) is 9.35. The quantitative estimate of drug-likeness (QED) is 0.643. The molecule has 2 heteroatoms. The van der Waals surface area contributed by atoms with Crippen molar-refractivity contribution in [3.05, 3.63) is 0 Å². The van der Waals surface area contributed by atoms with Gasteiger partial charge in [0.2, 0.25) is 0 Å². The van der Waals surface area contributed by atoms with Gasteiger partial charge in [-0.25, -0.2) is 0 Å². The molecule has 12 heavy (non-hydrogen) atoms. The van der Waals surface area contributed by atoms with Gasteiger partial charge in [-0.1, -0.05) is 27.7 Å². The molecule has 1 rings (SSSR count). The smallest absolute Gasteiger partial charge is 0.0206 e. The molecular weight excluding hydrogens is 148 g/mol. The average Bonchev–Trinajstić information content (AvgIpc) is 2.07. The molecule has 2 N–H and O–H groups in total. The van der Waals surface area contributed by atoms with Gasteiger partial charge in [-0.15, -0.1) is 0 Å². The molecule has 0 saturated carbocycles. The molecule has 0 aromatic heterocycles. The lowest BCUT2D eigenvalue weighted by atomic mass is 9.96. The molecule has 1 saturated heterocycles. The molecule has 0 spiro atoms. The van der Waals surface area contributed by atoms with Crippen molar-refractivity contribution in [1.82, 2.24) is 4.90 Å². The maximum absolute atomic E-state index is 5.95. The standard InChI is InChI=1S/C10H22N2/c1-8-5-12(6-9(8)11)7-10(2,3)4/h8-9H,5-7,11H2,1-4H3. The van der Waals surface area contributed by atoms with Crippen LogP contribution in [0.4, 0.5) is 0 Å². The molecule has 1 fully saturated rings. The minimum atomic E-state index is 0.396. The summed E-state index contributed by atoms with van der Waals surface area (Å²) in [6, 6.07) is 0.396. The highest BCUT2D eigenvalue weighted by Crippen LogP contribution is 2.21. The van der Waals surface area contributed by atoms with Crippen LogP contribution in [-0.2, 0) is 0 Å². The van der Waals surface area contributed by atoms with Gasteiger partial charge in [-0.3, -0.25) is 0 Å². The van der Waals surface area contributed by atoms with Gasteiger partial charge < -0.3 is 10.6 Å². The summed E-state index contributed by atoms with van der Waals surface area (Å²) in [5.74, 6) is 0.673. The molecule has 1 heterocycles. The van der Waals surface area contributed by atoms with Crippen molar-refractivity contribution in [3.63, 3.8) is 0 Å². The largest absolute Gasteiger partial charge is 0.326 e. The molecule has 2 unspecified atom stereocenters. The molecule has 0 aromatic rings. The van der Waals surface area contributed by atoms with E-state index in [1.165, 1.54) is 13.1 Å². The molecule has 0 amide bonds. The number of hydrogen-bond acceptors (Lipinski definition) is 2. The maximum Gasteiger partial charge on any atom is 0.0206 e. The van der Waals surface area contributed by atoms with Gasteiger partial charge in [0, 0.05) is 25.7 Å². The second-order valence-corrected chi connectivity index (χ2v) is 5.40. The number of hydrogen-bond donors (Lipinski definition) is 1. The molecule has 72 valence electrons. The van der Waals surface area contributed by atoms with Crippen LogP contribution in [0, 0.1) is 11.3 Å². The molecule has 2 nitrogen and oxygen atoms in total. The Morgan fingerprint density at radius 3 is 2.25 bits per heavy atom. The van der Waals surface area contributed by atoms with Crippen molar-refractivity contribution >= 4 is 0 Å². The van der Waals surface area contributed by atoms with E-state index in [4.69, 9.17) is 5.73 Å². The van der Waals surface area contributed by atoms with Gasteiger partial charge in [-0.2, -0.15) is 0 Å². The van der Waals surface area contributed by atoms with E-state index in [-0.39, 0.29) is 0 Å². The number of rotatable bonds is 1. The highest BCUT2D eigenvalue weighted by Gasteiger charge is 2.28. The summed E-state index contributed by atoms with van der Waals surface area (Å²) in [4.78, 5) is 2.48. The van der Waals surface area contributed by atoms with E-state index < -0.39 is 0 Å². The number of nitrogens with two attached hydrogens (primary N) is 1. The van der Waals surface area contributed by atoms with Gasteiger partial charge in [0.25, 0.3) is 0 Å². The second-order valence-electron chi connectivity index (χ2n) is 5.40. The van der Waals surface area contributed by atoms with Crippen molar-refractivity contribution < 1.29 is 0 Å². The highest BCUT2D eigenvalue weighted by molar-refractivity contribution is 4.85. The van der Waals surface area contributed by atoms with Crippen LogP contribution in [0.1, 0.15) is 27.7 Å². The van der Waals surface area contributed by atoms with E-state index >= 15 is 0 Å². The first-order valence-electron chi connectivity index (χ1n) is 4.86. The first kappa shape index (κ1) is 10.0. The van der Waals surface area contributed by atoms with Crippen molar-refractivity contribution in [1.29, 1.82) is 0 Å². The van der Waals surface area contributed by atoms with Crippen LogP contribution >= 0.6 is 0 Å². The van der Waals surface area contributed by atoms with Crippen molar-refractivity contribution in [2.45, 2.75) is 33.7 Å². The Hall–Kier alpha value is -0.0800. The van der Waals surface area contributed by atoms with E-state index in [1.807, 2.05) is 0 Å². The predicted octanol–water partition coefficient (Wildman–Crippen LogP) is 1.31. The van der Waals surface area contributed by atoms with Crippen LogP contribution in [0.2, 0.25) is 0 Å². The van der Waals surface area contributed by atoms with Crippen LogP contribution in [0.15, 0.2) is 0 Å². The first-order chi connectivity index (χ1) is 5.38. The van der Waals surface area contributed by atoms with E-state index in [9.17, 15) is 0 Å². The van der Waals surface area contributed by atoms with Crippen LogP contribution in [-0.4, -0.2) is 30.6 Å². The summed E-state index contributed by atoms with van der Waals surface area (Å²) in [6.45, 7) is 12.5. The Labute approximate surface area is 76.1 Å². The Morgan fingerprint density at radius 1 is 1.33 bits per heavy atom. The SMILES string of the molecule is CC1CN(CC(C)(C)C)CC1N. The summed E-state index contributed by atoms with van der Waals surface area (Å²) in [5.41, 5.74) is 6.35. The molecule has 2 atom stereocenters. The van der Waals surface area contributed by atoms with Crippen molar-refractivity contribution in [2.75, 3.05) is 19.6 Å². The van der Waals surface area contributed by atoms with Crippen LogP contribution in [0.3, 0.4) is 0 Å². The zero-order valence-corrected chi connectivity index (χ0v) is 8.80. The van der Waals surface area contributed by atoms with E-state index in [0.29, 0.717) is 17.4 Å². The lowest BCUT2D eigenvalue weighted by Gasteiger charge is -2.26. The molecule has 1 aliphatic heterocycles. The minimum Gasteiger partial charge on any atom is -0.326 e. The van der Waals surface area contributed by atoms with Gasteiger partial charge in [0.15, 0.2) is 0 Å². The fourth-order valence-corrected chi connectivity index (χ4v) is 1.90. The van der Waals surface area contributed by atoms with Gasteiger partial charge in [-0.05, 0) is 11.3 Å². The second kappa shape index (κ2) is 3.35. The van der Waals surface area contributed by atoms with Gasteiger partial charge in [0.1, 0.15) is 0 Å². The monoisotopic (exact) mass is 170 g/mol. The number of likely N-dealkylation sites (tertiary alicyclic amines) is 1. The third-order valence-corrected chi connectivity index (χ3v) is 2.44. The average molecular weight is 170 g/mol. The van der Waals surface area contributed by atoms with Crippen molar-refractivity contribution in [2.24, 2.45) is 17.1 Å². The van der Waals surface area contributed by atoms with Crippen molar-refractivity contribution in [3.8, 4) is 0 Å². The van der Waals surface area contributed by atoms with Crippen LogP contribution in [0.25, 0.3) is 0 Å². The lowest BCUT2D eigenvalue weighted by Crippen LogP contribution is -2.33. The third-order valence-electron chi connectivity index (χ3n) is 2.44. The van der Waals surface area contributed by atoms with E-state index in [1.54, 1.807) is 0 Å². The normalized spacial score (nSPS) is 32.8. The topological polar surface area (TPSA) is 29.3 Å².